The molecule has 0 aromatic heterocycles. The molecule has 1 N–H and O–H groups in total. The molecule has 0 saturated carbocycles. The van der Waals surface area contributed by atoms with Gasteiger partial charge < -0.3 is 19.3 Å². The van der Waals surface area contributed by atoms with E-state index in [4.69, 9.17) is 55.9 Å². The Kier molecular flexibility index (Phi) is 10.7. The lowest BCUT2D eigenvalue weighted by Crippen LogP contribution is -2.18. The predicted molar refractivity (Wildman–Crippen MR) is 134 cm³/mol. The zero-order valence-corrected chi connectivity index (χ0v) is 22.1. The molecule has 0 saturated heterocycles. The first-order chi connectivity index (χ1) is 16.5. The Morgan fingerprint density at radius 3 is 2.06 bits per heavy atom. The maximum atomic E-state index is 11.6. The summed E-state index contributed by atoms with van der Waals surface area (Å²) in [5, 5.41) is 11.4. The molecule has 0 amide bonds. The summed E-state index contributed by atoms with van der Waals surface area (Å²) in [7, 11) is 0. The molecule has 35 heavy (non-hydrogen) atoms. The van der Waals surface area contributed by atoms with Crippen LogP contribution in [0.1, 0.15) is 29.2 Å². The summed E-state index contributed by atoms with van der Waals surface area (Å²) < 4.78 is 14.2. The van der Waals surface area contributed by atoms with Crippen LogP contribution in [0.15, 0.2) is 30.0 Å². The van der Waals surface area contributed by atoms with Gasteiger partial charge in [-0.2, -0.15) is 0 Å². The Bertz CT molecular complexity index is 1170. The fourth-order valence-corrected chi connectivity index (χ4v) is 3.96. The molecule has 3 rings (SSSR count). The van der Waals surface area contributed by atoms with Crippen LogP contribution in [0.3, 0.4) is 0 Å². The number of hydrogen-bond acceptors (Lipinski definition) is 7. The van der Waals surface area contributed by atoms with Crippen molar-refractivity contribution < 1.29 is 33.7 Å². The second-order valence-corrected chi connectivity index (χ2v) is 8.83. The Labute approximate surface area is 222 Å². The highest BCUT2D eigenvalue weighted by Crippen LogP contribution is 2.35. The van der Waals surface area contributed by atoms with Crippen molar-refractivity contribution in [3.8, 4) is 0 Å². The minimum absolute atomic E-state index is 0.0371. The first-order valence-electron chi connectivity index (χ1n) is 10.3. The fraction of sp³-hybridized carbons (Fsp3) is 0.292. The maximum absolute atomic E-state index is 11.6. The molecule has 7 nitrogen and oxygen atoms in total. The van der Waals surface area contributed by atoms with Gasteiger partial charge in [0.2, 0.25) is 0 Å². The SMILES string of the molecule is CCOC(=O)COC(=O)Cc1c(Cl)ccc(Cl)c1C.Cc1c(Cl)ccc(Cl)c1C1=C(O)COC1=O. The van der Waals surface area contributed by atoms with Gasteiger partial charge in [0.15, 0.2) is 6.61 Å². The molecular formula is C24H22Cl4O7. The lowest BCUT2D eigenvalue weighted by molar-refractivity contribution is -0.158. The summed E-state index contributed by atoms with van der Waals surface area (Å²) in [5.74, 6) is -1.83. The van der Waals surface area contributed by atoms with Crippen LogP contribution in [0.2, 0.25) is 20.1 Å². The zero-order valence-electron chi connectivity index (χ0n) is 19.0. The minimum atomic E-state index is -0.579. The van der Waals surface area contributed by atoms with Gasteiger partial charge in [0.05, 0.1) is 13.0 Å². The molecule has 1 aliphatic rings. The standard InChI is InChI=1S/C13H14Cl2O4.C11H8Cl2O3/c1-3-18-13(17)7-19-12(16)6-9-8(2)10(14)4-5-11(9)15;1-5-6(12)2-3-7(13)9(5)10-8(14)4-16-11(10)15/h4-5H,3,6-7H2,1-2H3;2-3,14H,4H2,1H3. The van der Waals surface area contributed by atoms with Crippen LogP contribution in [0.5, 0.6) is 0 Å². The van der Waals surface area contributed by atoms with Crippen molar-refractivity contribution in [2.45, 2.75) is 27.2 Å². The van der Waals surface area contributed by atoms with Gasteiger partial charge >= 0.3 is 17.9 Å². The summed E-state index contributed by atoms with van der Waals surface area (Å²) in [6, 6.07) is 6.50. The van der Waals surface area contributed by atoms with Crippen molar-refractivity contribution in [1.29, 1.82) is 0 Å². The van der Waals surface area contributed by atoms with Crippen LogP contribution >= 0.6 is 46.4 Å². The third-order valence-corrected chi connectivity index (χ3v) is 6.37. The van der Waals surface area contributed by atoms with Crippen LogP contribution in [-0.4, -0.2) is 42.8 Å². The Morgan fingerprint density at radius 2 is 1.49 bits per heavy atom. The van der Waals surface area contributed by atoms with Gasteiger partial charge in [-0.05, 0) is 61.7 Å². The first-order valence-corrected chi connectivity index (χ1v) is 11.8. The number of halogens is 4. The van der Waals surface area contributed by atoms with E-state index in [1.165, 1.54) is 0 Å². The van der Waals surface area contributed by atoms with Crippen LogP contribution in [0.25, 0.3) is 5.57 Å². The number of aliphatic hydroxyl groups excluding tert-OH is 1. The van der Waals surface area contributed by atoms with Gasteiger partial charge in [-0.1, -0.05) is 46.4 Å². The van der Waals surface area contributed by atoms with Crippen LogP contribution in [-0.2, 0) is 35.0 Å². The normalized spacial score (nSPS) is 12.6. The number of carbonyl (C=O) groups excluding carboxylic acids is 3. The van der Waals surface area contributed by atoms with Crippen molar-refractivity contribution in [1.82, 2.24) is 0 Å². The summed E-state index contributed by atoms with van der Waals surface area (Å²) in [4.78, 5) is 34.1. The third kappa shape index (κ3) is 7.51. The predicted octanol–water partition coefficient (Wildman–Crippen LogP) is 6.08. The van der Waals surface area contributed by atoms with Crippen LogP contribution in [0, 0.1) is 13.8 Å². The molecule has 188 valence electrons. The molecule has 0 radical (unpaired) electrons. The van der Waals surface area contributed by atoms with E-state index in [0.717, 1.165) is 5.56 Å². The van der Waals surface area contributed by atoms with Gasteiger partial charge in [0.25, 0.3) is 0 Å². The van der Waals surface area contributed by atoms with Crippen molar-refractivity contribution >= 4 is 69.9 Å². The van der Waals surface area contributed by atoms with E-state index in [9.17, 15) is 19.5 Å². The summed E-state index contributed by atoms with van der Waals surface area (Å²) in [5.41, 5.74) is 2.51. The minimum Gasteiger partial charge on any atom is -0.508 e. The van der Waals surface area contributed by atoms with Gasteiger partial charge in [0, 0.05) is 25.7 Å². The van der Waals surface area contributed by atoms with Gasteiger partial charge in [-0.3, -0.25) is 4.79 Å². The van der Waals surface area contributed by atoms with Crippen LogP contribution in [0.4, 0.5) is 0 Å². The molecule has 0 spiro atoms. The molecule has 0 unspecified atom stereocenters. The Hall–Kier alpha value is -2.45. The number of aliphatic hydroxyl groups is 1. The highest BCUT2D eigenvalue weighted by molar-refractivity contribution is 6.37. The van der Waals surface area contributed by atoms with Crippen molar-refractivity contribution in [3.05, 3.63) is 72.4 Å². The van der Waals surface area contributed by atoms with E-state index in [1.807, 2.05) is 0 Å². The lowest BCUT2D eigenvalue weighted by atomic mass is 10.0. The smallest absolute Gasteiger partial charge is 0.344 e. The second kappa shape index (κ2) is 13.0. The number of benzene rings is 2. The number of ether oxygens (including phenoxy) is 3. The fourth-order valence-electron chi connectivity index (χ4n) is 3.05. The highest BCUT2D eigenvalue weighted by Gasteiger charge is 2.29. The van der Waals surface area contributed by atoms with E-state index in [-0.39, 0.29) is 31.0 Å². The number of carbonyl (C=O) groups is 3. The Morgan fingerprint density at radius 1 is 0.914 bits per heavy atom. The van der Waals surface area contributed by atoms with E-state index >= 15 is 0 Å². The summed E-state index contributed by atoms with van der Waals surface area (Å²) in [6.07, 6.45) is -0.0371. The largest absolute Gasteiger partial charge is 0.508 e. The van der Waals surface area contributed by atoms with Crippen molar-refractivity contribution in [2.75, 3.05) is 19.8 Å². The zero-order chi connectivity index (χ0) is 26.3. The molecular weight excluding hydrogens is 542 g/mol. The van der Waals surface area contributed by atoms with E-state index in [0.29, 0.717) is 36.8 Å². The molecule has 0 aliphatic carbocycles. The maximum Gasteiger partial charge on any atom is 0.344 e. The van der Waals surface area contributed by atoms with Gasteiger partial charge in [-0.15, -0.1) is 0 Å². The highest BCUT2D eigenvalue weighted by atomic mass is 35.5. The van der Waals surface area contributed by atoms with Crippen LogP contribution < -0.4 is 0 Å². The molecule has 1 heterocycles. The van der Waals surface area contributed by atoms with Crippen molar-refractivity contribution in [2.24, 2.45) is 0 Å². The second-order valence-electron chi connectivity index (χ2n) is 7.20. The van der Waals surface area contributed by atoms with Gasteiger partial charge in [0.1, 0.15) is 17.9 Å². The molecule has 1 aliphatic heterocycles. The average molecular weight is 564 g/mol. The molecule has 2 aromatic rings. The molecule has 0 atom stereocenters. The summed E-state index contributed by atoms with van der Waals surface area (Å²) in [6.45, 7) is 4.91. The molecule has 0 bridgehead atoms. The number of cyclic esters (lactones) is 1. The molecule has 2 aromatic carbocycles. The number of esters is 3. The van der Waals surface area contributed by atoms with E-state index < -0.39 is 24.5 Å². The van der Waals surface area contributed by atoms with Gasteiger partial charge in [-0.25, -0.2) is 9.59 Å². The topological polar surface area (TPSA) is 99.1 Å². The summed E-state index contributed by atoms with van der Waals surface area (Å²) >= 11 is 23.9. The Balaban J connectivity index is 0.000000250. The van der Waals surface area contributed by atoms with E-state index in [1.54, 1.807) is 45.0 Å². The van der Waals surface area contributed by atoms with E-state index in [2.05, 4.69) is 4.74 Å². The quantitative estimate of drug-likeness (QED) is 0.336. The lowest BCUT2D eigenvalue weighted by Gasteiger charge is -2.09. The average Bonchev–Trinajstić information content (AvgIpc) is 3.14. The number of rotatable bonds is 6. The molecule has 11 heteroatoms. The third-order valence-electron chi connectivity index (χ3n) is 4.88. The first kappa shape index (κ1) is 28.8. The monoisotopic (exact) mass is 562 g/mol. The molecule has 0 fully saturated rings. The number of hydrogen-bond donors (Lipinski definition) is 1. The van der Waals surface area contributed by atoms with Crippen molar-refractivity contribution in [3.63, 3.8) is 0 Å².